The molecule has 64 valence electrons. The maximum atomic E-state index is 8.59. The number of nitrogens with zero attached hydrogens (tertiary/aromatic N) is 1. The summed E-state index contributed by atoms with van der Waals surface area (Å²) in [6.07, 6.45) is 5.73. The lowest BCUT2D eigenvalue weighted by atomic mass is 10.4. The monoisotopic (exact) mass is 157 g/mol. The minimum Gasteiger partial charge on any atom is -0.395 e. The third kappa shape index (κ3) is 5.86. The van der Waals surface area contributed by atoms with Crippen LogP contribution in [0.25, 0.3) is 0 Å². The summed E-state index contributed by atoms with van der Waals surface area (Å²) >= 11 is 0. The number of aliphatic hydroxyl groups is 2. The Kier molecular flexibility index (Phi) is 7.16. The summed E-state index contributed by atoms with van der Waals surface area (Å²) in [5.74, 6) is 2.51. The standard InChI is InChI=1S/C8H15NO2/c1-2-3-4-9(5-7-10)6-8-11/h1,10-11H,3-8H2. The van der Waals surface area contributed by atoms with Crippen molar-refractivity contribution in [2.24, 2.45) is 0 Å². The van der Waals surface area contributed by atoms with Crippen LogP contribution < -0.4 is 0 Å². The molecule has 11 heavy (non-hydrogen) atoms. The van der Waals surface area contributed by atoms with E-state index in [1.807, 2.05) is 4.90 Å². The Labute approximate surface area is 67.6 Å². The predicted molar refractivity (Wildman–Crippen MR) is 44.1 cm³/mol. The first kappa shape index (κ1) is 10.4. The zero-order valence-corrected chi connectivity index (χ0v) is 6.66. The summed E-state index contributed by atoms with van der Waals surface area (Å²) < 4.78 is 0. The van der Waals surface area contributed by atoms with Gasteiger partial charge in [-0.2, -0.15) is 0 Å². The molecule has 0 bridgehead atoms. The molecule has 0 saturated carbocycles. The smallest absolute Gasteiger partial charge is 0.0558 e. The molecule has 3 heteroatoms. The van der Waals surface area contributed by atoms with Gasteiger partial charge in [-0.05, 0) is 0 Å². The van der Waals surface area contributed by atoms with Gasteiger partial charge in [0.05, 0.1) is 13.2 Å². The molecule has 3 nitrogen and oxygen atoms in total. The Hall–Kier alpha value is -0.560. The van der Waals surface area contributed by atoms with Crippen LogP contribution in [-0.2, 0) is 0 Å². The van der Waals surface area contributed by atoms with E-state index in [9.17, 15) is 0 Å². The van der Waals surface area contributed by atoms with Crippen molar-refractivity contribution >= 4 is 0 Å². The Morgan fingerprint density at radius 2 is 1.64 bits per heavy atom. The van der Waals surface area contributed by atoms with Gasteiger partial charge in [0, 0.05) is 26.1 Å². The van der Waals surface area contributed by atoms with E-state index in [0.29, 0.717) is 19.5 Å². The highest BCUT2D eigenvalue weighted by atomic mass is 16.3. The molecule has 0 rings (SSSR count). The average Bonchev–Trinajstić information content (AvgIpc) is 2.01. The maximum Gasteiger partial charge on any atom is 0.0558 e. The van der Waals surface area contributed by atoms with E-state index >= 15 is 0 Å². The van der Waals surface area contributed by atoms with Crippen LogP contribution in [0.2, 0.25) is 0 Å². The van der Waals surface area contributed by atoms with Crippen LogP contribution in [0.5, 0.6) is 0 Å². The molecule has 0 saturated heterocycles. The number of hydrogen-bond acceptors (Lipinski definition) is 3. The molecule has 0 aliphatic rings. The molecule has 0 unspecified atom stereocenters. The third-order valence-corrected chi connectivity index (χ3v) is 1.40. The van der Waals surface area contributed by atoms with E-state index in [1.54, 1.807) is 0 Å². The first-order chi connectivity index (χ1) is 5.35. The van der Waals surface area contributed by atoms with E-state index < -0.39 is 0 Å². The summed E-state index contributed by atoms with van der Waals surface area (Å²) in [6, 6.07) is 0. The molecule has 2 N–H and O–H groups in total. The van der Waals surface area contributed by atoms with Crippen molar-refractivity contribution in [3.05, 3.63) is 0 Å². The molecule has 0 atom stereocenters. The molecule has 0 radical (unpaired) electrons. The van der Waals surface area contributed by atoms with E-state index in [4.69, 9.17) is 16.6 Å². The van der Waals surface area contributed by atoms with E-state index in [-0.39, 0.29) is 13.2 Å². The Morgan fingerprint density at radius 1 is 1.09 bits per heavy atom. The molecule has 0 aromatic carbocycles. The molecule has 0 aromatic rings. The van der Waals surface area contributed by atoms with Crippen molar-refractivity contribution in [1.82, 2.24) is 4.90 Å². The molecule has 0 spiro atoms. The average molecular weight is 157 g/mol. The van der Waals surface area contributed by atoms with Crippen LogP contribution >= 0.6 is 0 Å². The molecule has 0 aliphatic carbocycles. The van der Waals surface area contributed by atoms with Crippen LogP contribution in [-0.4, -0.2) is 48.0 Å². The zero-order valence-electron chi connectivity index (χ0n) is 6.66. The SMILES string of the molecule is C#CCCN(CCO)CCO. The van der Waals surface area contributed by atoms with E-state index in [2.05, 4.69) is 5.92 Å². The van der Waals surface area contributed by atoms with Crippen molar-refractivity contribution in [3.8, 4) is 12.3 Å². The summed E-state index contributed by atoms with van der Waals surface area (Å²) in [5.41, 5.74) is 0. The normalized spacial score (nSPS) is 10.0. The Bertz CT molecular complexity index is 114. The van der Waals surface area contributed by atoms with Gasteiger partial charge in [-0.3, -0.25) is 4.90 Å². The molecular formula is C8H15NO2. The highest BCUT2D eigenvalue weighted by Gasteiger charge is 2.00. The third-order valence-electron chi connectivity index (χ3n) is 1.40. The number of rotatable bonds is 6. The first-order valence-corrected chi connectivity index (χ1v) is 3.72. The van der Waals surface area contributed by atoms with Gasteiger partial charge < -0.3 is 10.2 Å². The largest absolute Gasteiger partial charge is 0.395 e. The number of terminal acetylenes is 1. The summed E-state index contributed by atoms with van der Waals surface area (Å²) in [7, 11) is 0. The minimum atomic E-state index is 0.116. The Balaban J connectivity index is 3.44. The quantitative estimate of drug-likeness (QED) is 0.501. The number of hydrogen-bond donors (Lipinski definition) is 2. The molecule has 0 aliphatic heterocycles. The van der Waals surface area contributed by atoms with Crippen LogP contribution in [0, 0.1) is 12.3 Å². The van der Waals surface area contributed by atoms with E-state index in [1.165, 1.54) is 0 Å². The van der Waals surface area contributed by atoms with Gasteiger partial charge in [0.15, 0.2) is 0 Å². The van der Waals surface area contributed by atoms with Gasteiger partial charge in [-0.1, -0.05) is 0 Å². The lowest BCUT2D eigenvalue weighted by Crippen LogP contribution is -2.30. The first-order valence-electron chi connectivity index (χ1n) is 3.72. The van der Waals surface area contributed by atoms with Crippen LogP contribution in [0.1, 0.15) is 6.42 Å². The second-order valence-corrected chi connectivity index (χ2v) is 2.24. The van der Waals surface area contributed by atoms with Gasteiger partial charge in [-0.25, -0.2) is 0 Å². The predicted octanol–water partition coefficient (Wildman–Crippen LogP) is -0.704. The lowest BCUT2D eigenvalue weighted by Gasteiger charge is -2.18. The minimum absolute atomic E-state index is 0.116. The maximum absolute atomic E-state index is 8.59. The van der Waals surface area contributed by atoms with E-state index in [0.717, 1.165) is 6.54 Å². The fraction of sp³-hybridized carbons (Fsp3) is 0.750. The number of aliphatic hydroxyl groups excluding tert-OH is 2. The highest BCUT2D eigenvalue weighted by molar-refractivity contribution is 4.84. The second-order valence-electron chi connectivity index (χ2n) is 2.24. The molecule has 0 aromatic heterocycles. The Morgan fingerprint density at radius 3 is 2.00 bits per heavy atom. The van der Waals surface area contributed by atoms with Crippen molar-refractivity contribution in [1.29, 1.82) is 0 Å². The van der Waals surface area contributed by atoms with Crippen LogP contribution in [0.4, 0.5) is 0 Å². The van der Waals surface area contributed by atoms with Gasteiger partial charge >= 0.3 is 0 Å². The fourth-order valence-electron chi connectivity index (χ4n) is 0.841. The van der Waals surface area contributed by atoms with Gasteiger partial charge in [0.1, 0.15) is 0 Å². The molecule has 0 heterocycles. The van der Waals surface area contributed by atoms with Gasteiger partial charge in [0.2, 0.25) is 0 Å². The zero-order chi connectivity index (χ0) is 8.53. The van der Waals surface area contributed by atoms with Crippen molar-refractivity contribution in [2.45, 2.75) is 6.42 Å². The van der Waals surface area contributed by atoms with Crippen molar-refractivity contribution in [2.75, 3.05) is 32.8 Å². The molecule has 0 amide bonds. The van der Waals surface area contributed by atoms with Crippen molar-refractivity contribution in [3.63, 3.8) is 0 Å². The van der Waals surface area contributed by atoms with Crippen molar-refractivity contribution < 1.29 is 10.2 Å². The van der Waals surface area contributed by atoms with Gasteiger partial charge in [-0.15, -0.1) is 12.3 Å². The summed E-state index contributed by atoms with van der Waals surface area (Å²) in [6.45, 7) is 2.15. The topological polar surface area (TPSA) is 43.7 Å². The van der Waals surface area contributed by atoms with Gasteiger partial charge in [0.25, 0.3) is 0 Å². The van der Waals surface area contributed by atoms with Crippen LogP contribution in [0.3, 0.4) is 0 Å². The molecule has 0 fully saturated rings. The summed E-state index contributed by atoms with van der Waals surface area (Å²) in [5, 5.41) is 17.2. The fourth-order valence-corrected chi connectivity index (χ4v) is 0.841. The summed E-state index contributed by atoms with van der Waals surface area (Å²) in [4.78, 5) is 1.93. The lowest BCUT2D eigenvalue weighted by molar-refractivity contribution is 0.163. The van der Waals surface area contributed by atoms with Crippen LogP contribution in [0.15, 0.2) is 0 Å². The highest BCUT2D eigenvalue weighted by Crippen LogP contribution is 1.88. The second kappa shape index (κ2) is 7.55. The molecular weight excluding hydrogens is 142 g/mol.